The van der Waals surface area contributed by atoms with Crippen LogP contribution in [0.3, 0.4) is 0 Å². The van der Waals surface area contributed by atoms with Crippen LogP contribution in [0.4, 0.5) is 0 Å². The Morgan fingerprint density at radius 1 is 1.22 bits per heavy atom. The maximum Gasteiger partial charge on any atom is 0.227 e. The van der Waals surface area contributed by atoms with Crippen LogP contribution in [-0.2, 0) is 4.79 Å². The third-order valence-electron chi connectivity index (χ3n) is 4.55. The quantitative estimate of drug-likeness (QED) is 0.780. The number of hydrogen-bond donors (Lipinski definition) is 0. The van der Waals surface area contributed by atoms with Gasteiger partial charge in [0.25, 0.3) is 0 Å². The van der Waals surface area contributed by atoms with Crippen molar-refractivity contribution >= 4 is 5.91 Å². The van der Waals surface area contributed by atoms with E-state index in [1.165, 1.54) is 12.1 Å². The third kappa shape index (κ3) is 4.65. The normalized spacial score (nSPS) is 23.3. The minimum Gasteiger partial charge on any atom is -0.361 e. The molecule has 2 aliphatic rings. The van der Waals surface area contributed by atoms with E-state index in [0.717, 1.165) is 32.7 Å². The van der Waals surface area contributed by atoms with Crippen LogP contribution < -0.4 is 0 Å². The molecule has 4 nitrogen and oxygen atoms in total. The Labute approximate surface area is 142 Å². The van der Waals surface area contributed by atoms with Crippen molar-refractivity contribution in [2.75, 3.05) is 33.4 Å². The Morgan fingerprint density at radius 2 is 1.87 bits per heavy atom. The molecule has 0 saturated carbocycles. The van der Waals surface area contributed by atoms with E-state index in [-0.39, 0.29) is 16.7 Å². The van der Waals surface area contributed by atoms with E-state index < -0.39 is 0 Å². The van der Waals surface area contributed by atoms with Gasteiger partial charge in [0.2, 0.25) is 5.91 Å². The van der Waals surface area contributed by atoms with Crippen LogP contribution in [0.5, 0.6) is 0 Å². The Morgan fingerprint density at radius 3 is 2.43 bits per heavy atom. The second kappa shape index (κ2) is 6.37. The summed E-state index contributed by atoms with van der Waals surface area (Å²) in [6.07, 6.45) is 4.59. The van der Waals surface area contributed by atoms with E-state index in [2.05, 4.69) is 48.7 Å². The zero-order chi connectivity index (χ0) is 17.4. The van der Waals surface area contributed by atoms with Gasteiger partial charge in [0.05, 0.1) is 6.67 Å². The molecule has 132 valence electrons. The first-order valence-electron chi connectivity index (χ1n) is 8.94. The smallest absolute Gasteiger partial charge is 0.227 e. The molecule has 2 aliphatic heterocycles. The van der Waals surface area contributed by atoms with Crippen molar-refractivity contribution < 1.29 is 4.79 Å². The van der Waals surface area contributed by atoms with Gasteiger partial charge in [0.15, 0.2) is 0 Å². The van der Waals surface area contributed by atoms with Gasteiger partial charge in [-0.1, -0.05) is 41.5 Å². The molecule has 1 amide bonds. The molecule has 2 rings (SSSR count). The fourth-order valence-electron chi connectivity index (χ4n) is 3.65. The third-order valence-corrected chi connectivity index (χ3v) is 4.55. The Balaban J connectivity index is 2.10. The molecule has 1 fully saturated rings. The molecule has 0 aromatic heterocycles. The SMILES string of the molecule is CN1C=C(C2CCCN(C(=O)C(C)(C)C)C2)N(CC(C)(C)C)C1. The van der Waals surface area contributed by atoms with E-state index in [9.17, 15) is 4.79 Å². The molecule has 0 N–H and O–H groups in total. The van der Waals surface area contributed by atoms with Gasteiger partial charge < -0.3 is 14.7 Å². The van der Waals surface area contributed by atoms with Crippen LogP contribution in [0.25, 0.3) is 0 Å². The molecule has 4 heteroatoms. The summed E-state index contributed by atoms with van der Waals surface area (Å²) in [7, 11) is 2.14. The van der Waals surface area contributed by atoms with Gasteiger partial charge in [-0.3, -0.25) is 4.79 Å². The summed E-state index contributed by atoms with van der Waals surface area (Å²) < 4.78 is 0. The van der Waals surface area contributed by atoms with E-state index in [0.29, 0.717) is 5.92 Å². The minimum absolute atomic E-state index is 0.278. The molecule has 2 heterocycles. The lowest BCUT2D eigenvalue weighted by Crippen LogP contribution is -2.47. The molecule has 1 saturated heterocycles. The number of amides is 1. The van der Waals surface area contributed by atoms with Gasteiger partial charge in [-0.25, -0.2) is 0 Å². The van der Waals surface area contributed by atoms with Gasteiger partial charge in [-0.15, -0.1) is 0 Å². The Hall–Kier alpha value is -1.19. The average Bonchev–Trinajstić information content (AvgIpc) is 2.75. The summed E-state index contributed by atoms with van der Waals surface area (Å²) in [5.41, 5.74) is 1.42. The first-order valence-corrected chi connectivity index (χ1v) is 8.94. The zero-order valence-corrected chi connectivity index (χ0v) is 16.1. The van der Waals surface area contributed by atoms with E-state index in [4.69, 9.17) is 0 Å². The van der Waals surface area contributed by atoms with Gasteiger partial charge in [-0.05, 0) is 18.3 Å². The molecule has 0 aromatic carbocycles. The van der Waals surface area contributed by atoms with Crippen molar-refractivity contribution in [3.63, 3.8) is 0 Å². The summed E-state index contributed by atoms with van der Waals surface area (Å²) in [6, 6.07) is 0. The second-order valence-corrected chi connectivity index (χ2v) is 9.55. The number of likely N-dealkylation sites (tertiary alicyclic amines) is 1. The molecule has 0 aromatic rings. The molecule has 0 radical (unpaired) electrons. The lowest BCUT2D eigenvalue weighted by molar-refractivity contribution is -0.141. The number of carbonyl (C=O) groups excluding carboxylic acids is 1. The van der Waals surface area contributed by atoms with Crippen molar-refractivity contribution in [2.24, 2.45) is 16.7 Å². The van der Waals surface area contributed by atoms with Gasteiger partial charge in [0, 0.05) is 49.9 Å². The van der Waals surface area contributed by atoms with Crippen LogP contribution in [0.15, 0.2) is 11.9 Å². The molecule has 23 heavy (non-hydrogen) atoms. The lowest BCUT2D eigenvalue weighted by Gasteiger charge is -2.39. The van der Waals surface area contributed by atoms with Crippen LogP contribution in [-0.4, -0.2) is 54.0 Å². The molecule has 0 spiro atoms. The summed E-state index contributed by atoms with van der Waals surface area (Å²) >= 11 is 0. The largest absolute Gasteiger partial charge is 0.361 e. The number of rotatable bonds is 2. The number of carbonyl (C=O) groups is 1. The van der Waals surface area contributed by atoms with Crippen LogP contribution in [0, 0.1) is 16.7 Å². The fraction of sp³-hybridized carbons (Fsp3) is 0.842. The van der Waals surface area contributed by atoms with E-state index >= 15 is 0 Å². The molecule has 1 atom stereocenters. The van der Waals surface area contributed by atoms with Gasteiger partial charge in [-0.2, -0.15) is 0 Å². The van der Waals surface area contributed by atoms with Crippen molar-refractivity contribution in [3.05, 3.63) is 11.9 Å². The summed E-state index contributed by atoms with van der Waals surface area (Å²) in [5.74, 6) is 0.763. The van der Waals surface area contributed by atoms with E-state index in [1.807, 2.05) is 20.8 Å². The van der Waals surface area contributed by atoms with Crippen molar-refractivity contribution in [1.29, 1.82) is 0 Å². The van der Waals surface area contributed by atoms with Gasteiger partial charge >= 0.3 is 0 Å². The van der Waals surface area contributed by atoms with Crippen LogP contribution in [0.2, 0.25) is 0 Å². The first-order chi connectivity index (χ1) is 10.5. The summed E-state index contributed by atoms with van der Waals surface area (Å²) in [6.45, 7) is 16.8. The summed E-state index contributed by atoms with van der Waals surface area (Å²) in [5, 5.41) is 0. The predicted molar refractivity (Wildman–Crippen MR) is 95.6 cm³/mol. The topological polar surface area (TPSA) is 26.8 Å². The Kier molecular flexibility index (Phi) is 5.03. The highest BCUT2D eigenvalue weighted by molar-refractivity contribution is 5.81. The van der Waals surface area contributed by atoms with Crippen molar-refractivity contribution in [1.82, 2.24) is 14.7 Å². The molecule has 0 bridgehead atoms. The fourth-order valence-corrected chi connectivity index (χ4v) is 3.65. The lowest BCUT2D eigenvalue weighted by atomic mass is 9.89. The Bertz CT molecular complexity index is 470. The highest BCUT2D eigenvalue weighted by atomic mass is 16.2. The van der Waals surface area contributed by atoms with Crippen LogP contribution >= 0.6 is 0 Å². The predicted octanol–water partition coefficient (Wildman–Crippen LogP) is 3.36. The standard InChI is InChI=1S/C19H35N3O/c1-18(2,3)13-22-14-20(7)12-16(22)15-9-8-10-21(11-15)17(23)19(4,5)6/h12,15H,8-11,13-14H2,1-7H3. The number of nitrogens with zero attached hydrogens (tertiary/aromatic N) is 3. The average molecular weight is 322 g/mol. The van der Waals surface area contributed by atoms with Gasteiger partial charge in [0.1, 0.15) is 0 Å². The maximum atomic E-state index is 12.6. The second-order valence-electron chi connectivity index (χ2n) is 9.55. The van der Waals surface area contributed by atoms with E-state index in [1.54, 1.807) is 0 Å². The zero-order valence-electron chi connectivity index (χ0n) is 16.1. The molecule has 1 unspecified atom stereocenters. The minimum atomic E-state index is -0.284. The highest BCUT2D eigenvalue weighted by Crippen LogP contribution is 2.33. The van der Waals surface area contributed by atoms with Crippen molar-refractivity contribution in [3.8, 4) is 0 Å². The first kappa shape index (κ1) is 18.2. The van der Waals surface area contributed by atoms with Crippen LogP contribution in [0.1, 0.15) is 54.4 Å². The number of piperidine rings is 1. The monoisotopic (exact) mass is 321 g/mol. The molecular weight excluding hydrogens is 286 g/mol. The summed E-state index contributed by atoms with van der Waals surface area (Å²) in [4.78, 5) is 19.5. The maximum absolute atomic E-state index is 12.6. The number of hydrogen-bond acceptors (Lipinski definition) is 3. The van der Waals surface area contributed by atoms with Crippen molar-refractivity contribution in [2.45, 2.75) is 54.4 Å². The molecule has 0 aliphatic carbocycles. The molecular formula is C19H35N3O. The highest BCUT2D eigenvalue weighted by Gasteiger charge is 2.35.